The van der Waals surface area contributed by atoms with E-state index in [1.165, 1.54) is 0 Å². The van der Waals surface area contributed by atoms with E-state index in [0.717, 1.165) is 22.3 Å². The molecule has 0 saturated heterocycles. The van der Waals surface area contributed by atoms with Crippen LogP contribution >= 0.6 is 11.6 Å². The summed E-state index contributed by atoms with van der Waals surface area (Å²) in [6.07, 6.45) is -0.659. The van der Waals surface area contributed by atoms with Crippen molar-refractivity contribution in [1.82, 2.24) is 10.3 Å². The summed E-state index contributed by atoms with van der Waals surface area (Å²) in [6.45, 7) is 2.76. The van der Waals surface area contributed by atoms with Crippen LogP contribution in [0, 0.1) is 6.92 Å². The molecule has 3 aromatic rings. The first-order chi connectivity index (χ1) is 12.1. The summed E-state index contributed by atoms with van der Waals surface area (Å²) in [6, 6.07) is 15.2. The maximum absolute atomic E-state index is 10.1. The summed E-state index contributed by atoms with van der Waals surface area (Å²) >= 11 is 6.32. The smallest absolute Gasteiger partial charge is 0.139 e. The molecule has 1 heterocycles. The number of rotatable bonds is 8. The van der Waals surface area contributed by atoms with Gasteiger partial charge in [-0.15, -0.1) is 0 Å². The average molecular weight is 361 g/mol. The number of para-hydroxylation sites is 1. The molecule has 0 saturated carbocycles. The largest absolute Gasteiger partial charge is 0.490 e. The SMILES string of the molecule is Cc1[nH]c2cccc(OCC(O)CNCOc3ccccc3)c2c1Cl. The van der Waals surface area contributed by atoms with Crippen LogP contribution in [0.1, 0.15) is 5.69 Å². The van der Waals surface area contributed by atoms with Crippen molar-refractivity contribution >= 4 is 22.5 Å². The van der Waals surface area contributed by atoms with Crippen molar-refractivity contribution in [3.63, 3.8) is 0 Å². The lowest BCUT2D eigenvalue weighted by atomic mass is 10.2. The van der Waals surface area contributed by atoms with Gasteiger partial charge in [-0.2, -0.15) is 0 Å². The molecule has 3 N–H and O–H groups in total. The number of aliphatic hydroxyl groups is 1. The van der Waals surface area contributed by atoms with Gasteiger partial charge in [0.25, 0.3) is 0 Å². The quantitative estimate of drug-likeness (QED) is 0.425. The number of nitrogens with one attached hydrogen (secondary N) is 2. The molecule has 5 nitrogen and oxygen atoms in total. The number of fused-ring (bicyclic) bond motifs is 1. The first-order valence-corrected chi connectivity index (χ1v) is 8.49. The Balaban J connectivity index is 1.47. The standard InChI is InChI=1S/C19H21ClN2O3/c1-13-19(20)18-16(22-13)8-5-9-17(18)24-11-14(23)10-21-12-25-15-6-3-2-4-7-15/h2-9,14,21-23H,10-12H2,1H3. The van der Waals surface area contributed by atoms with Crippen molar-refractivity contribution in [3.8, 4) is 11.5 Å². The molecule has 0 amide bonds. The lowest BCUT2D eigenvalue weighted by Crippen LogP contribution is -2.33. The zero-order chi connectivity index (χ0) is 17.6. The van der Waals surface area contributed by atoms with Crippen LogP contribution in [0.25, 0.3) is 10.9 Å². The van der Waals surface area contributed by atoms with Gasteiger partial charge < -0.3 is 19.6 Å². The molecule has 6 heteroatoms. The van der Waals surface area contributed by atoms with Gasteiger partial charge in [0.15, 0.2) is 0 Å². The van der Waals surface area contributed by atoms with Gasteiger partial charge in [-0.25, -0.2) is 0 Å². The molecule has 0 spiro atoms. The Morgan fingerprint density at radius 1 is 1.12 bits per heavy atom. The highest BCUT2D eigenvalue weighted by atomic mass is 35.5. The Labute approximate surface area is 151 Å². The highest BCUT2D eigenvalue weighted by Gasteiger charge is 2.13. The number of aryl methyl sites for hydroxylation is 1. The molecule has 1 atom stereocenters. The zero-order valence-corrected chi connectivity index (χ0v) is 14.7. The van der Waals surface area contributed by atoms with Crippen LogP contribution in [0.2, 0.25) is 5.02 Å². The van der Waals surface area contributed by atoms with E-state index in [-0.39, 0.29) is 6.61 Å². The third kappa shape index (κ3) is 4.45. The van der Waals surface area contributed by atoms with E-state index >= 15 is 0 Å². The summed E-state index contributed by atoms with van der Waals surface area (Å²) < 4.78 is 11.3. The average Bonchev–Trinajstić information content (AvgIpc) is 2.93. The van der Waals surface area contributed by atoms with Crippen LogP contribution < -0.4 is 14.8 Å². The summed E-state index contributed by atoms with van der Waals surface area (Å²) in [7, 11) is 0. The molecule has 1 unspecified atom stereocenters. The highest BCUT2D eigenvalue weighted by molar-refractivity contribution is 6.37. The molecular weight excluding hydrogens is 340 g/mol. The fourth-order valence-corrected chi connectivity index (χ4v) is 2.79. The summed E-state index contributed by atoms with van der Waals surface area (Å²) in [5, 5.41) is 14.6. The molecule has 0 radical (unpaired) electrons. The minimum atomic E-state index is -0.659. The van der Waals surface area contributed by atoms with Crippen molar-refractivity contribution in [1.29, 1.82) is 0 Å². The molecule has 0 aliphatic carbocycles. The van der Waals surface area contributed by atoms with E-state index in [4.69, 9.17) is 21.1 Å². The lowest BCUT2D eigenvalue weighted by Gasteiger charge is -2.14. The van der Waals surface area contributed by atoms with Crippen LogP contribution in [0.15, 0.2) is 48.5 Å². The normalized spacial score (nSPS) is 12.3. The fourth-order valence-electron chi connectivity index (χ4n) is 2.55. The summed E-state index contributed by atoms with van der Waals surface area (Å²) in [5.41, 5.74) is 1.82. The van der Waals surface area contributed by atoms with Gasteiger partial charge >= 0.3 is 0 Å². The second-order valence-electron chi connectivity index (χ2n) is 5.76. The van der Waals surface area contributed by atoms with Gasteiger partial charge in [0.1, 0.15) is 30.9 Å². The van der Waals surface area contributed by atoms with Crippen LogP contribution in [-0.2, 0) is 0 Å². The number of H-pyrrole nitrogens is 1. The van der Waals surface area contributed by atoms with E-state index in [2.05, 4.69) is 10.3 Å². The van der Waals surface area contributed by atoms with E-state index in [9.17, 15) is 5.11 Å². The number of benzene rings is 2. The van der Waals surface area contributed by atoms with Gasteiger partial charge in [-0.3, -0.25) is 5.32 Å². The first-order valence-electron chi connectivity index (χ1n) is 8.11. The maximum atomic E-state index is 10.1. The van der Waals surface area contributed by atoms with Gasteiger partial charge in [0.2, 0.25) is 0 Å². The Bertz CT molecular complexity index is 820. The summed E-state index contributed by atoms with van der Waals surface area (Å²) in [4.78, 5) is 3.21. The number of aromatic amines is 1. The number of aromatic nitrogens is 1. The Morgan fingerprint density at radius 2 is 1.92 bits per heavy atom. The van der Waals surface area contributed by atoms with Gasteiger partial charge in [0.05, 0.1) is 15.9 Å². The molecular formula is C19H21ClN2O3. The van der Waals surface area contributed by atoms with Crippen molar-refractivity contribution in [2.24, 2.45) is 0 Å². The topological polar surface area (TPSA) is 66.5 Å². The lowest BCUT2D eigenvalue weighted by molar-refractivity contribution is 0.101. The van der Waals surface area contributed by atoms with E-state index in [0.29, 0.717) is 24.0 Å². The van der Waals surface area contributed by atoms with E-state index in [1.54, 1.807) is 0 Å². The third-order valence-corrected chi connectivity index (χ3v) is 4.26. The van der Waals surface area contributed by atoms with Crippen LogP contribution in [0.5, 0.6) is 11.5 Å². The molecule has 3 rings (SSSR count). The molecule has 0 bridgehead atoms. The summed E-state index contributed by atoms with van der Waals surface area (Å²) in [5.74, 6) is 1.44. The second-order valence-corrected chi connectivity index (χ2v) is 6.14. The third-order valence-electron chi connectivity index (χ3n) is 3.79. The van der Waals surface area contributed by atoms with E-state index in [1.807, 2.05) is 55.5 Å². The van der Waals surface area contributed by atoms with Gasteiger partial charge in [-0.1, -0.05) is 35.9 Å². The monoisotopic (exact) mass is 360 g/mol. The molecule has 1 aromatic heterocycles. The Morgan fingerprint density at radius 3 is 2.72 bits per heavy atom. The van der Waals surface area contributed by atoms with Crippen molar-refractivity contribution in [2.45, 2.75) is 13.0 Å². The molecule has 0 aliphatic rings. The predicted octanol–water partition coefficient (Wildman–Crippen LogP) is 3.50. The predicted molar refractivity (Wildman–Crippen MR) is 99.5 cm³/mol. The molecule has 132 valence electrons. The first kappa shape index (κ1) is 17.6. The number of ether oxygens (including phenoxy) is 2. The Kier molecular flexibility index (Phi) is 5.81. The van der Waals surface area contributed by atoms with Crippen molar-refractivity contribution in [3.05, 3.63) is 59.2 Å². The van der Waals surface area contributed by atoms with Crippen LogP contribution in [0.3, 0.4) is 0 Å². The van der Waals surface area contributed by atoms with Gasteiger partial charge in [0, 0.05) is 12.2 Å². The highest BCUT2D eigenvalue weighted by Crippen LogP contribution is 2.34. The maximum Gasteiger partial charge on any atom is 0.139 e. The number of hydrogen-bond acceptors (Lipinski definition) is 4. The van der Waals surface area contributed by atoms with Crippen molar-refractivity contribution < 1.29 is 14.6 Å². The minimum absolute atomic E-state index is 0.165. The number of halogens is 1. The van der Waals surface area contributed by atoms with Crippen LogP contribution in [0.4, 0.5) is 0 Å². The van der Waals surface area contributed by atoms with Crippen molar-refractivity contribution in [2.75, 3.05) is 19.9 Å². The molecule has 0 aliphatic heterocycles. The molecule has 2 aromatic carbocycles. The van der Waals surface area contributed by atoms with Crippen LogP contribution in [-0.4, -0.2) is 36.1 Å². The molecule has 25 heavy (non-hydrogen) atoms. The number of hydrogen-bond donors (Lipinski definition) is 3. The Hall–Kier alpha value is -2.21. The minimum Gasteiger partial charge on any atom is -0.490 e. The van der Waals surface area contributed by atoms with Gasteiger partial charge in [-0.05, 0) is 31.2 Å². The number of aliphatic hydroxyl groups excluding tert-OH is 1. The van der Waals surface area contributed by atoms with E-state index < -0.39 is 6.10 Å². The second kappa shape index (κ2) is 8.25. The molecule has 0 fully saturated rings. The fraction of sp³-hybridized carbons (Fsp3) is 0.263. The zero-order valence-electron chi connectivity index (χ0n) is 14.0.